The van der Waals surface area contributed by atoms with Crippen LogP contribution in [0, 0.1) is 5.92 Å². The molecule has 8 heteroatoms. The Kier molecular flexibility index (Phi) is 7.83. The van der Waals surface area contributed by atoms with Gasteiger partial charge in [-0.15, -0.1) is 11.3 Å². The second-order valence-electron chi connectivity index (χ2n) is 7.41. The van der Waals surface area contributed by atoms with Crippen molar-refractivity contribution in [2.24, 2.45) is 5.92 Å². The molecule has 1 aromatic heterocycles. The number of rotatable bonds is 9. The van der Waals surface area contributed by atoms with Crippen LogP contribution >= 0.6 is 11.3 Å². The molecular formula is C24H26N2O5S. The molecule has 0 bridgehead atoms. The minimum absolute atomic E-state index is 0.0360. The summed E-state index contributed by atoms with van der Waals surface area (Å²) in [6.07, 6.45) is 0. The number of aromatic nitrogens is 1. The fourth-order valence-electron chi connectivity index (χ4n) is 2.98. The third-order valence-corrected chi connectivity index (χ3v) is 5.70. The monoisotopic (exact) mass is 454 g/mol. The lowest BCUT2D eigenvalue weighted by molar-refractivity contribution is -0.148. The van der Waals surface area contributed by atoms with Crippen LogP contribution in [0.5, 0.6) is 11.5 Å². The Morgan fingerprint density at radius 2 is 1.69 bits per heavy atom. The Bertz CT molecular complexity index is 1040. The molecule has 168 valence electrons. The maximum atomic E-state index is 12.8. The van der Waals surface area contributed by atoms with E-state index >= 15 is 0 Å². The molecule has 0 unspecified atom stereocenters. The predicted octanol–water partition coefficient (Wildman–Crippen LogP) is 4.33. The predicted molar refractivity (Wildman–Crippen MR) is 123 cm³/mol. The molecule has 1 heterocycles. The second kappa shape index (κ2) is 10.8. The van der Waals surface area contributed by atoms with Crippen LogP contribution in [0.4, 0.5) is 0 Å². The lowest BCUT2D eigenvalue weighted by Crippen LogP contribution is -2.45. The van der Waals surface area contributed by atoms with Gasteiger partial charge < -0.3 is 19.5 Å². The van der Waals surface area contributed by atoms with E-state index in [-0.39, 0.29) is 12.5 Å². The van der Waals surface area contributed by atoms with Gasteiger partial charge in [-0.2, -0.15) is 0 Å². The van der Waals surface area contributed by atoms with Crippen LogP contribution in [0.1, 0.15) is 29.9 Å². The van der Waals surface area contributed by atoms with E-state index < -0.39 is 17.9 Å². The summed E-state index contributed by atoms with van der Waals surface area (Å²) in [7, 11) is 3.01. The van der Waals surface area contributed by atoms with Gasteiger partial charge in [0.05, 0.1) is 19.9 Å². The average Bonchev–Trinajstić information content (AvgIpc) is 3.30. The molecule has 32 heavy (non-hydrogen) atoms. The maximum absolute atomic E-state index is 12.8. The Balaban J connectivity index is 1.65. The molecule has 0 spiro atoms. The van der Waals surface area contributed by atoms with Crippen molar-refractivity contribution in [3.63, 3.8) is 0 Å². The summed E-state index contributed by atoms with van der Waals surface area (Å²) in [6.45, 7) is 3.72. The summed E-state index contributed by atoms with van der Waals surface area (Å²) in [5, 5.41) is 5.48. The third kappa shape index (κ3) is 5.85. The molecule has 1 amide bonds. The van der Waals surface area contributed by atoms with Crippen LogP contribution in [0.3, 0.4) is 0 Å². The molecule has 3 rings (SSSR count). The lowest BCUT2D eigenvalue weighted by Gasteiger charge is -2.21. The molecule has 2 aromatic carbocycles. The number of nitrogens with one attached hydrogen (secondary N) is 1. The van der Waals surface area contributed by atoms with Crippen LogP contribution in [-0.2, 0) is 16.1 Å². The highest BCUT2D eigenvalue weighted by Crippen LogP contribution is 2.24. The van der Waals surface area contributed by atoms with E-state index in [9.17, 15) is 9.59 Å². The summed E-state index contributed by atoms with van der Waals surface area (Å²) < 4.78 is 15.9. The highest BCUT2D eigenvalue weighted by molar-refractivity contribution is 7.13. The quantitative estimate of drug-likeness (QED) is 0.485. The van der Waals surface area contributed by atoms with E-state index in [1.807, 2.05) is 49.6 Å². The molecule has 7 nitrogen and oxygen atoms in total. The Morgan fingerprint density at radius 1 is 1.03 bits per heavy atom. The average molecular weight is 455 g/mol. The number of methoxy groups -OCH3 is 2. The summed E-state index contributed by atoms with van der Waals surface area (Å²) in [5.41, 5.74) is 2.00. The molecule has 0 radical (unpaired) electrons. The molecule has 1 N–H and O–H groups in total. The van der Waals surface area contributed by atoms with E-state index in [4.69, 9.17) is 14.2 Å². The van der Waals surface area contributed by atoms with Gasteiger partial charge in [-0.1, -0.05) is 44.2 Å². The van der Waals surface area contributed by atoms with E-state index in [2.05, 4.69) is 10.3 Å². The topological polar surface area (TPSA) is 86.8 Å². The fourth-order valence-corrected chi connectivity index (χ4v) is 3.79. The second-order valence-corrected chi connectivity index (χ2v) is 8.27. The minimum atomic E-state index is -0.813. The summed E-state index contributed by atoms with van der Waals surface area (Å²) in [4.78, 5) is 30.1. The summed E-state index contributed by atoms with van der Waals surface area (Å²) in [6, 6.07) is 13.8. The first-order valence-electron chi connectivity index (χ1n) is 10.1. The van der Waals surface area contributed by atoms with Crippen molar-refractivity contribution >= 4 is 23.2 Å². The molecule has 1 atom stereocenters. The maximum Gasteiger partial charge on any atom is 0.329 e. The summed E-state index contributed by atoms with van der Waals surface area (Å²) in [5.74, 6) is -0.142. The molecule has 0 aliphatic heterocycles. The molecule has 0 saturated carbocycles. The van der Waals surface area contributed by atoms with Crippen molar-refractivity contribution in [2.75, 3.05) is 14.2 Å². The van der Waals surface area contributed by atoms with Gasteiger partial charge in [0.25, 0.3) is 5.91 Å². The van der Waals surface area contributed by atoms with Gasteiger partial charge in [-0.05, 0) is 18.1 Å². The van der Waals surface area contributed by atoms with Crippen molar-refractivity contribution in [3.05, 3.63) is 65.2 Å². The van der Waals surface area contributed by atoms with Crippen molar-refractivity contribution in [1.29, 1.82) is 0 Å². The number of esters is 1. The molecule has 0 aliphatic carbocycles. The van der Waals surface area contributed by atoms with E-state index in [1.54, 1.807) is 18.2 Å². The number of ether oxygens (including phenoxy) is 3. The SMILES string of the molecule is COc1cc(OC)cc(C(=O)N[C@H](C(=O)OCc2csc(-c3ccccc3)n2)C(C)C)c1. The first kappa shape index (κ1) is 23.3. The highest BCUT2D eigenvalue weighted by atomic mass is 32.1. The minimum Gasteiger partial charge on any atom is -0.497 e. The number of amides is 1. The van der Waals surface area contributed by atoms with Gasteiger partial charge in [0.15, 0.2) is 0 Å². The van der Waals surface area contributed by atoms with E-state index in [0.717, 1.165) is 10.6 Å². The Hall–Kier alpha value is -3.39. The zero-order valence-electron chi connectivity index (χ0n) is 18.5. The van der Waals surface area contributed by atoms with Gasteiger partial charge in [0.1, 0.15) is 29.2 Å². The number of nitrogens with zero attached hydrogens (tertiary/aromatic N) is 1. The van der Waals surface area contributed by atoms with Gasteiger partial charge >= 0.3 is 5.97 Å². The number of carbonyl (C=O) groups excluding carboxylic acids is 2. The van der Waals surface area contributed by atoms with Crippen molar-refractivity contribution in [1.82, 2.24) is 10.3 Å². The third-order valence-electron chi connectivity index (χ3n) is 4.76. The van der Waals surface area contributed by atoms with Crippen LogP contribution in [0.15, 0.2) is 53.9 Å². The van der Waals surface area contributed by atoms with E-state index in [0.29, 0.717) is 22.8 Å². The smallest absolute Gasteiger partial charge is 0.329 e. The van der Waals surface area contributed by atoms with Gasteiger partial charge in [-0.3, -0.25) is 4.79 Å². The van der Waals surface area contributed by atoms with Crippen molar-refractivity contribution in [3.8, 4) is 22.1 Å². The standard InChI is InChI=1S/C24H26N2O5S/c1-15(2)21(26-22(27)17-10-19(29-3)12-20(11-17)30-4)24(28)31-13-18-14-32-23(25-18)16-8-6-5-7-9-16/h5-12,14-15,21H,13H2,1-4H3,(H,26,27)/t21-/m0/s1. The zero-order chi connectivity index (χ0) is 23.1. The molecular weight excluding hydrogens is 428 g/mol. The number of hydrogen-bond donors (Lipinski definition) is 1. The first-order valence-corrected chi connectivity index (χ1v) is 11.0. The van der Waals surface area contributed by atoms with E-state index in [1.165, 1.54) is 25.6 Å². The lowest BCUT2D eigenvalue weighted by atomic mass is 10.0. The molecule has 0 aliphatic rings. The molecule has 0 fully saturated rings. The van der Waals surface area contributed by atoms with Crippen molar-refractivity contribution in [2.45, 2.75) is 26.5 Å². The van der Waals surface area contributed by atoms with Gasteiger partial charge in [-0.25, -0.2) is 9.78 Å². The number of carbonyl (C=O) groups is 2. The number of thiazole rings is 1. The van der Waals surface area contributed by atoms with Crippen LogP contribution < -0.4 is 14.8 Å². The van der Waals surface area contributed by atoms with Gasteiger partial charge in [0.2, 0.25) is 0 Å². The largest absolute Gasteiger partial charge is 0.497 e. The normalized spacial score (nSPS) is 11.7. The fraction of sp³-hybridized carbons (Fsp3) is 0.292. The first-order chi connectivity index (χ1) is 15.4. The van der Waals surface area contributed by atoms with Crippen LogP contribution in [0.25, 0.3) is 10.6 Å². The summed E-state index contributed by atoms with van der Waals surface area (Å²) >= 11 is 1.49. The zero-order valence-corrected chi connectivity index (χ0v) is 19.3. The Morgan fingerprint density at radius 3 is 2.28 bits per heavy atom. The van der Waals surface area contributed by atoms with Crippen LogP contribution in [0.2, 0.25) is 0 Å². The van der Waals surface area contributed by atoms with Gasteiger partial charge in [0, 0.05) is 22.6 Å². The van der Waals surface area contributed by atoms with Crippen LogP contribution in [-0.4, -0.2) is 37.1 Å². The Labute approximate surface area is 191 Å². The highest BCUT2D eigenvalue weighted by Gasteiger charge is 2.27. The number of benzene rings is 2. The molecule has 0 saturated heterocycles. The van der Waals surface area contributed by atoms with Crippen molar-refractivity contribution < 1.29 is 23.8 Å². The molecule has 3 aromatic rings. The number of hydrogen-bond acceptors (Lipinski definition) is 7.